The molecule has 5 nitrogen and oxygen atoms in total. The molecule has 0 amide bonds. The van der Waals surface area contributed by atoms with Crippen molar-refractivity contribution in [1.29, 1.82) is 0 Å². The van der Waals surface area contributed by atoms with Gasteiger partial charge < -0.3 is 15.0 Å². The third-order valence-corrected chi connectivity index (χ3v) is 3.62. The van der Waals surface area contributed by atoms with E-state index in [-0.39, 0.29) is 6.10 Å². The summed E-state index contributed by atoms with van der Waals surface area (Å²) in [4.78, 5) is 11.5. The molecule has 1 aromatic heterocycles. The number of aromatic nitrogens is 2. The van der Waals surface area contributed by atoms with Crippen LogP contribution in [0.2, 0.25) is 0 Å². The summed E-state index contributed by atoms with van der Waals surface area (Å²) in [5.74, 6) is 1.49. The fraction of sp³-hybridized carbons (Fsp3) is 0.750. The predicted molar refractivity (Wildman–Crippen MR) is 86.1 cm³/mol. The predicted octanol–water partition coefficient (Wildman–Crippen LogP) is 2.54. The minimum absolute atomic E-state index is 0.132. The summed E-state index contributed by atoms with van der Waals surface area (Å²) < 4.78 is 5.74. The first kappa shape index (κ1) is 16.0. The molecule has 118 valence electrons. The van der Waals surface area contributed by atoms with Crippen molar-refractivity contribution in [3.8, 4) is 5.88 Å². The van der Waals surface area contributed by atoms with E-state index >= 15 is 0 Å². The van der Waals surface area contributed by atoms with Crippen LogP contribution in [-0.4, -0.2) is 41.7 Å². The normalized spacial score (nSPS) is 18.5. The van der Waals surface area contributed by atoms with Crippen LogP contribution in [0.25, 0.3) is 0 Å². The van der Waals surface area contributed by atoms with Gasteiger partial charge in [-0.05, 0) is 46.6 Å². The van der Waals surface area contributed by atoms with Crippen LogP contribution in [0, 0.1) is 6.92 Å². The molecule has 1 saturated heterocycles. The van der Waals surface area contributed by atoms with Crippen LogP contribution in [0.15, 0.2) is 6.07 Å². The Labute approximate surface area is 128 Å². The van der Waals surface area contributed by atoms with E-state index in [4.69, 9.17) is 4.74 Å². The van der Waals surface area contributed by atoms with Gasteiger partial charge in [0.2, 0.25) is 11.8 Å². The van der Waals surface area contributed by atoms with Crippen molar-refractivity contribution in [3.05, 3.63) is 11.8 Å². The number of nitrogens with one attached hydrogen (secondary N) is 1. The highest BCUT2D eigenvalue weighted by Crippen LogP contribution is 2.24. The second kappa shape index (κ2) is 7.59. The van der Waals surface area contributed by atoms with Crippen LogP contribution in [-0.2, 0) is 0 Å². The minimum atomic E-state index is 0.132. The van der Waals surface area contributed by atoms with Crippen LogP contribution in [0.5, 0.6) is 5.88 Å². The molecule has 2 heterocycles. The van der Waals surface area contributed by atoms with E-state index in [0.29, 0.717) is 11.9 Å². The molecule has 0 aromatic carbocycles. The Morgan fingerprint density at radius 1 is 1.43 bits per heavy atom. The summed E-state index contributed by atoms with van der Waals surface area (Å²) in [6.07, 6.45) is 3.71. The Balaban J connectivity index is 2.10. The zero-order valence-electron chi connectivity index (χ0n) is 13.7. The second-order valence-electron chi connectivity index (χ2n) is 6.01. The molecule has 21 heavy (non-hydrogen) atoms. The molecule has 0 spiro atoms. The fourth-order valence-corrected chi connectivity index (χ4v) is 2.71. The first-order valence-electron chi connectivity index (χ1n) is 8.10. The monoisotopic (exact) mass is 292 g/mol. The van der Waals surface area contributed by atoms with E-state index in [1.807, 2.05) is 26.8 Å². The lowest BCUT2D eigenvalue weighted by Gasteiger charge is -2.25. The molecule has 2 rings (SSSR count). The molecule has 1 aromatic rings. The topological polar surface area (TPSA) is 50.3 Å². The molecule has 0 saturated carbocycles. The summed E-state index contributed by atoms with van der Waals surface area (Å²) in [6.45, 7) is 11.3. The third kappa shape index (κ3) is 4.56. The van der Waals surface area contributed by atoms with Crippen molar-refractivity contribution in [2.75, 3.05) is 24.5 Å². The zero-order valence-corrected chi connectivity index (χ0v) is 13.7. The zero-order chi connectivity index (χ0) is 15.2. The van der Waals surface area contributed by atoms with Crippen LogP contribution >= 0.6 is 0 Å². The highest BCUT2D eigenvalue weighted by Gasteiger charge is 2.26. The molecule has 0 aliphatic carbocycles. The maximum atomic E-state index is 5.74. The highest BCUT2D eigenvalue weighted by molar-refractivity contribution is 5.37. The molecule has 1 atom stereocenters. The fourth-order valence-electron chi connectivity index (χ4n) is 2.71. The molecular weight excluding hydrogens is 264 g/mol. The van der Waals surface area contributed by atoms with Crippen LogP contribution in [0.4, 0.5) is 5.95 Å². The van der Waals surface area contributed by atoms with E-state index in [0.717, 1.165) is 31.3 Å². The van der Waals surface area contributed by atoms with E-state index in [2.05, 4.69) is 27.1 Å². The number of rotatable bonds is 7. The van der Waals surface area contributed by atoms with Crippen LogP contribution < -0.4 is 15.0 Å². The maximum absolute atomic E-state index is 5.74. The number of hydrogen-bond donors (Lipinski definition) is 1. The molecule has 0 bridgehead atoms. The molecule has 1 N–H and O–H groups in total. The lowest BCUT2D eigenvalue weighted by molar-refractivity contribution is 0.232. The standard InChI is InChI=1S/C16H28N4O/c1-5-8-17-11-14-7-6-9-20(14)16-18-13(4)10-15(19-16)21-12(2)3/h10,12,14,17H,5-9,11H2,1-4H3. The van der Waals surface area contributed by atoms with Crippen molar-refractivity contribution in [1.82, 2.24) is 15.3 Å². The van der Waals surface area contributed by atoms with Gasteiger partial charge in [-0.15, -0.1) is 0 Å². The molecule has 5 heteroatoms. The average molecular weight is 292 g/mol. The second-order valence-corrected chi connectivity index (χ2v) is 6.01. The number of nitrogens with zero attached hydrogens (tertiary/aromatic N) is 3. The third-order valence-electron chi connectivity index (χ3n) is 3.62. The van der Waals surface area contributed by atoms with Gasteiger partial charge >= 0.3 is 0 Å². The largest absolute Gasteiger partial charge is 0.475 e. The Bertz CT molecular complexity index is 450. The summed E-state index contributed by atoms with van der Waals surface area (Å²) in [6, 6.07) is 2.40. The number of aryl methyl sites for hydroxylation is 1. The van der Waals surface area contributed by atoms with Gasteiger partial charge in [0.1, 0.15) is 0 Å². The minimum Gasteiger partial charge on any atom is -0.475 e. The van der Waals surface area contributed by atoms with Crippen LogP contribution in [0.3, 0.4) is 0 Å². The summed E-state index contributed by atoms with van der Waals surface area (Å²) >= 11 is 0. The van der Waals surface area contributed by atoms with E-state index in [9.17, 15) is 0 Å². The Kier molecular flexibility index (Phi) is 5.79. The molecule has 1 unspecified atom stereocenters. The van der Waals surface area contributed by atoms with Gasteiger partial charge in [-0.25, -0.2) is 4.98 Å². The number of ether oxygens (including phenoxy) is 1. The number of hydrogen-bond acceptors (Lipinski definition) is 5. The van der Waals surface area contributed by atoms with Gasteiger partial charge in [0, 0.05) is 30.9 Å². The maximum Gasteiger partial charge on any atom is 0.229 e. The average Bonchev–Trinajstić information content (AvgIpc) is 2.86. The van der Waals surface area contributed by atoms with Crippen molar-refractivity contribution in [2.45, 2.75) is 59.1 Å². The van der Waals surface area contributed by atoms with Crippen LogP contribution in [0.1, 0.15) is 45.7 Å². The van der Waals surface area contributed by atoms with Crippen molar-refractivity contribution >= 4 is 5.95 Å². The van der Waals surface area contributed by atoms with E-state index in [1.165, 1.54) is 19.3 Å². The first-order valence-corrected chi connectivity index (χ1v) is 8.10. The van der Waals surface area contributed by atoms with E-state index in [1.54, 1.807) is 0 Å². The Hall–Kier alpha value is -1.36. The molecular formula is C16H28N4O. The first-order chi connectivity index (χ1) is 10.1. The van der Waals surface area contributed by atoms with Gasteiger partial charge in [-0.2, -0.15) is 4.98 Å². The van der Waals surface area contributed by atoms with Gasteiger partial charge in [-0.1, -0.05) is 6.92 Å². The molecule has 1 fully saturated rings. The van der Waals surface area contributed by atoms with Crippen molar-refractivity contribution < 1.29 is 4.74 Å². The summed E-state index contributed by atoms with van der Waals surface area (Å²) in [5, 5.41) is 3.51. The van der Waals surface area contributed by atoms with Crippen molar-refractivity contribution in [2.24, 2.45) is 0 Å². The quantitative estimate of drug-likeness (QED) is 0.783. The smallest absolute Gasteiger partial charge is 0.229 e. The molecule has 1 aliphatic heterocycles. The van der Waals surface area contributed by atoms with Gasteiger partial charge in [0.25, 0.3) is 0 Å². The Morgan fingerprint density at radius 3 is 2.95 bits per heavy atom. The SMILES string of the molecule is CCCNCC1CCCN1c1nc(C)cc(OC(C)C)n1. The summed E-state index contributed by atoms with van der Waals surface area (Å²) in [5.41, 5.74) is 0.961. The van der Waals surface area contributed by atoms with Gasteiger partial charge in [0.15, 0.2) is 0 Å². The van der Waals surface area contributed by atoms with Crippen molar-refractivity contribution in [3.63, 3.8) is 0 Å². The molecule has 0 radical (unpaired) electrons. The van der Waals surface area contributed by atoms with Gasteiger partial charge in [0.05, 0.1) is 6.10 Å². The highest BCUT2D eigenvalue weighted by atomic mass is 16.5. The lowest BCUT2D eigenvalue weighted by atomic mass is 10.2. The molecule has 1 aliphatic rings. The number of anilines is 1. The Morgan fingerprint density at radius 2 is 2.24 bits per heavy atom. The lowest BCUT2D eigenvalue weighted by Crippen LogP contribution is -2.39. The van der Waals surface area contributed by atoms with E-state index < -0.39 is 0 Å². The summed E-state index contributed by atoms with van der Waals surface area (Å²) in [7, 11) is 0. The van der Waals surface area contributed by atoms with Gasteiger partial charge in [-0.3, -0.25) is 0 Å².